The number of aromatic nitrogens is 2. The highest BCUT2D eigenvalue weighted by Gasteiger charge is 2.17. The molecule has 0 radical (unpaired) electrons. The van der Waals surface area contributed by atoms with Crippen LogP contribution in [0.3, 0.4) is 0 Å². The van der Waals surface area contributed by atoms with E-state index < -0.39 is 6.04 Å². The fourth-order valence-electron chi connectivity index (χ4n) is 3.56. The molecule has 0 atom stereocenters. The Bertz CT molecular complexity index is 1320. The van der Waals surface area contributed by atoms with E-state index in [1.54, 1.807) is 6.20 Å². The normalized spacial score (nSPS) is 13.6. The zero-order valence-corrected chi connectivity index (χ0v) is 19.0. The number of aliphatic hydroxyl groups excluding tert-OH is 2. The molecule has 2 aromatic rings. The summed E-state index contributed by atoms with van der Waals surface area (Å²) in [7, 11) is 0. The van der Waals surface area contributed by atoms with Gasteiger partial charge in [-0.15, -0.1) is 0 Å². The van der Waals surface area contributed by atoms with E-state index in [0.29, 0.717) is 35.2 Å². The summed E-state index contributed by atoms with van der Waals surface area (Å²) in [4.78, 5) is 9.68. The van der Waals surface area contributed by atoms with E-state index in [1.807, 2.05) is 42.5 Å². The molecule has 0 bridgehead atoms. The van der Waals surface area contributed by atoms with E-state index in [-0.39, 0.29) is 13.2 Å². The predicted octanol–water partition coefficient (Wildman–Crippen LogP) is 3.67. The van der Waals surface area contributed by atoms with Crippen molar-refractivity contribution in [2.24, 2.45) is 4.99 Å². The molecule has 0 aliphatic carbocycles. The Morgan fingerprint density at radius 2 is 1.94 bits per heavy atom. The predicted molar refractivity (Wildman–Crippen MR) is 128 cm³/mol. The SMILES string of the molecule is OCC(CO)N=c1cnc2c(Nc3cccc(-c4ccc5c(c4)OCCO5)c3Cl)[nH]sc-2c1. The van der Waals surface area contributed by atoms with Gasteiger partial charge < -0.3 is 25.0 Å². The Labute approximate surface area is 198 Å². The first-order valence-electron chi connectivity index (χ1n) is 10.3. The van der Waals surface area contributed by atoms with Gasteiger partial charge in [-0.25, -0.2) is 4.98 Å². The molecule has 3 aliphatic heterocycles. The van der Waals surface area contributed by atoms with E-state index in [2.05, 4.69) is 19.7 Å². The number of nitrogens with one attached hydrogen (secondary N) is 2. The van der Waals surface area contributed by atoms with Gasteiger partial charge in [0.1, 0.15) is 24.7 Å². The van der Waals surface area contributed by atoms with Crippen LogP contribution in [0.25, 0.3) is 21.7 Å². The fraction of sp³-hybridized carbons (Fsp3) is 0.217. The molecule has 4 N–H and O–H groups in total. The minimum atomic E-state index is -0.562. The molecule has 8 nitrogen and oxygen atoms in total. The molecular formula is C23H21ClN4O4S. The van der Waals surface area contributed by atoms with Gasteiger partial charge in [-0.3, -0.25) is 9.37 Å². The molecule has 3 heterocycles. The molecule has 0 amide bonds. The van der Waals surface area contributed by atoms with Crippen molar-refractivity contribution >= 4 is 34.6 Å². The lowest BCUT2D eigenvalue weighted by atomic mass is 10.0. The van der Waals surface area contributed by atoms with Gasteiger partial charge in [-0.1, -0.05) is 41.3 Å². The maximum absolute atomic E-state index is 9.24. The van der Waals surface area contributed by atoms with Crippen LogP contribution in [0.2, 0.25) is 5.02 Å². The number of aromatic amines is 1. The zero-order valence-electron chi connectivity index (χ0n) is 17.4. The lowest BCUT2D eigenvalue weighted by Crippen LogP contribution is -2.19. The Balaban J connectivity index is 1.44. The molecule has 0 spiro atoms. The number of halogens is 1. The van der Waals surface area contributed by atoms with E-state index >= 15 is 0 Å². The smallest absolute Gasteiger partial charge is 0.161 e. The van der Waals surface area contributed by atoms with Gasteiger partial charge in [0, 0.05) is 5.56 Å². The number of anilines is 2. The number of pyridine rings is 1. The van der Waals surface area contributed by atoms with Gasteiger partial charge in [0.05, 0.1) is 46.4 Å². The largest absolute Gasteiger partial charge is 0.486 e. The van der Waals surface area contributed by atoms with Crippen molar-refractivity contribution in [3.8, 4) is 33.2 Å². The molecule has 0 fully saturated rings. The van der Waals surface area contributed by atoms with E-state index in [0.717, 1.165) is 33.1 Å². The maximum Gasteiger partial charge on any atom is 0.161 e. The lowest BCUT2D eigenvalue weighted by Gasteiger charge is -2.19. The lowest BCUT2D eigenvalue weighted by molar-refractivity contribution is 0.171. The number of hydrogen-bond donors (Lipinski definition) is 4. The maximum atomic E-state index is 9.24. The van der Waals surface area contributed by atoms with Crippen molar-refractivity contribution in [1.29, 1.82) is 0 Å². The quantitative estimate of drug-likeness (QED) is 0.332. The van der Waals surface area contributed by atoms with Crippen LogP contribution in [-0.2, 0) is 0 Å². The van der Waals surface area contributed by atoms with E-state index in [9.17, 15) is 10.2 Å². The Hall–Kier alpha value is -3.11. The average molecular weight is 485 g/mol. The summed E-state index contributed by atoms with van der Waals surface area (Å²) in [6, 6.07) is 12.9. The zero-order chi connectivity index (χ0) is 22.8. The summed E-state index contributed by atoms with van der Waals surface area (Å²) < 4.78 is 14.5. The minimum Gasteiger partial charge on any atom is -0.486 e. The van der Waals surface area contributed by atoms with Gasteiger partial charge in [-0.05, 0) is 29.8 Å². The topological polar surface area (TPSA) is 112 Å². The first kappa shape index (κ1) is 21.7. The number of aliphatic hydroxyl groups is 2. The van der Waals surface area contributed by atoms with Crippen molar-refractivity contribution in [3.05, 3.63) is 59.0 Å². The van der Waals surface area contributed by atoms with Gasteiger partial charge in [0.15, 0.2) is 11.5 Å². The number of rotatable bonds is 6. The Kier molecular flexibility index (Phi) is 6.19. The van der Waals surface area contributed by atoms with E-state index in [4.69, 9.17) is 21.1 Å². The van der Waals surface area contributed by atoms with Crippen LogP contribution in [0.5, 0.6) is 11.5 Å². The van der Waals surface area contributed by atoms with Crippen molar-refractivity contribution < 1.29 is 19.7 Å². The van der Waals surface area contributed by atoms with Crippen LogP contribution in [0.15, 0.2) is 53.7 Å². The van der Waals surface area contributed by atoms with Crippen molar-refractivity contribution in [1.82, 2.24) is 9.36 Å². The van der Waals surface area contributed by atoms with Crippen LogP contribution in [-0.4, -0.2) is 52.0 Å². The summed E-state index contributed by atoms with van der Waals surface area (Å²) in [5.41, 5.74) is 3.27. The molecule has 10 heteroatoms. The average Bonchev–Trinajstić information content (AvgIpc) is 3.25. The summed E-state index contributed by atoms with van der Waals surface area (Å²) in [5, 5.41) is 23.0. The molecule has 0 saturated heterocycles. The molecule has 3 aliphatic rings. The summed E-state index contributed by atoms with van der Waals surface area (Å²) in [6.45, 7) is 0.617. The molecule has 2 aromatic carbocycles. The van der Waals surface area contributed by atoms with Crippen LogP contribution < -0.4 is 20.1 Å². The van der Waals surface area contributed by atoms with Crippen LogP contribution >= 0.6 is 23.1 Å². The molecule has 0 unspecified atom stereocenters. The minimum absolute atomic E-state index is 0.226. The highest BCUT2D eigenvalue weighted by Crippen LogP contribution is 2.41. The molecule has 0 aromatic heterocycles. The summed E-state index contributed by atoms with van der Waals surface area (Å²) >= 11 is 8.18. The third-order valence-corrected chi connectivity index (χ3v) is 6.45. The standard InChI is InChI=1S/C23H21ClN4O4S/c24-21-16(13-4-5-18-19(8-13)32-7-6-31-18)2-1-3-17(21)27-23-22-20(33-28-23)9-14(10-25-22)26-15(11-29)12-30/h1-5,8-10,15,27-30H,6-7,11-12H2. The number of H-pyrrole nitrogens is 1. The van der Waals surface area contributed by atoms with Gasteiger partial charge in [0.25, 0.3) is 0 Å². The highest BCUT2D eigenvalue weighted by molar-refractivity contribution is 7.10. The Morgan fingerprint density at radius 3 is 2.76 bits per heavy atom. The second-order valence-electron chi connectivity index (χ2n) is 7.42. The molecule has 0 saturated carbocycles. The Morgan fingerprint density at radius 1 is 1.12 bits per heavy atom. The molecule has 5 rings (SSSR count). The van der Waals surface area contributed by atoms with E-state index in [1.165, 1.54) is 11.5 Å². The van der Waals surface area contributed by atoms with Gasteiger partial charge in [0.2, 0.25) is 0 Å². The van der Waals surface area contributed by atoms with Crippen LogP contribution in [0.1, 0.15) is 0 Å². The second-order valence-corrected chi connectivity index (χ2v) is 8.64. The summed E-state index contributed by atoms with van der Waals surface area (Å²) in [5.74, 6) is 2.15. The van der Waals surface area contributed by atoms with Gasteiger partial charge >= 0.3 is 0 Å². The monoisotopic (exact) mass is 484 g/mol. The molecular weight excluding hydrogens is 464 g/mol. The van der Waals surface area contributed by atoms with Crippen LogP contribution in [0, 0.1) is 0 Å². The van der Waals surface area contributed by atoms with Crippen molar-refractivity contribution in [3.63, 3.8) is 0 Å². The molecule has 170 valence electrons. The number of nitrogens with zero attached hydrogens (tertiary/aromatic N) is 2. The highest BCUT2D eigenvalue weighted by atomic mass is 35.5. The van der Waals surface area contributed by atoms with Crippen LogP contribution in [0.4, 0.5) is 11.5 Å². The summed E-state index contributed by atoms with van der Waals surface area (Å²) in [6.07, 6.45) is 1.61. The molecule has 33 heavy (non-hydrogen) atoms. The number of hydrogen-bond acceptors (Lipinski definition) is 8. The van der Waals surface area contributed by atoms with Crippen molar-refractivity contribution in [2.75, 3.05) is 31.7 Å². The first-order chi connectivity index (χ1) is 16.2. The fourth-order valence-corrected chi connectivity index (χ4v) is 4.63. The number of fused-ring (bicyclic) bond motifs is 2. The number of ether oxygens (including phenoxy) is 2. The van der Waals surface area contributed by atoms with Crippen molar-refractivity contribution in [2.45, 2.75) is 6.04 Å². The number of benzene rings is 2. The van der Waals surface area contributed by atoms with Gasteiger partial charge in [-0.2, -0.15) is 0 Å². The first-order valence-corrected chi connectivity index (χ1v) is 11.5. The third kappa shape index (κ3) is 4.40. The second kappa shape index (κ2) is 9.40. The third-order valence-electron chi connectivity index (χ3n) is 5.20.